The SMILES string of the molecule is COc1cccc(OC)c1-n1c(CS(=O)(=O)CCc2ncc(Cl)cc2CCN2CC[C@H](O)C2)nnc1-c1ccco1. The van der Waals surface area contributed by atoms with Gasteiger partial charge in [-0.15, -0.1) is 10.2 Å². The minimum absolute atomic E-state index is 0.150. The van der Waals surface area contributed by atoms with E-state index in [2.05, 4.69) is 20.1 Å². The molecule has 1 saturated heterocycles. The molecule has 3 aromatic heterocycles. The molecule has 1 aromatic carbocycles. The molecular formula is C28H32ClN5O6S. The summed E-state index contributed by atoms with van der Waals surface area (Å²) in [5.74, 6) is 1.30. The Balaban J connectivity index is 1.40. The normalized spacial score (nSPS) is 15.9. The predicted molar refractivity (Wildman–Crippen MR) is 153 cm³/mol. The number of ether oxygens (including phenoxy) is 2. The first-order chi connectivity index (χ1) is 19.8. The highest BCUT2D eigenvalue weighted by molar-refractivity contribution is 7.90. The lowest BCUT2D eigenvalue weighted by Gasteiger charge is -2.17. The van der Waals surface area contributed by atoms with Crippen LogP contribution in [0.15, 0.2) is 53.3 Å². The molecular weight excluding hydrogens is 570 g/mol. The Morgan fingerprint density at radius 3 is 2.56 bits per heavy atom. The van der Waals surface area contributed by atoms with Crippen molar-refractivity contribution in [1.29, 1.82) is 0 Å². The molecule has 0 aliphatic carbocycles. The molecule has 1 N–H and O–H groups in total. The van der Waals surface area contributed by atoms with Crippen molar-refractivity contribution in [2.24, 2.45) is 0 Å². The van der Waals surface area contributed by atoms with Gasteiger partial charge in [0.2, 0.25) is 5.82 Å². The van der Waals surface area contributed by atoms with Crippen molar-refractivity contribution in [1.82, 2.24) is 24.6 Å². The number of furan rings is 1. The number of halogens is 1. The van der Waals surface area contributed by atoms with E-state index in [4.69, 9.17) is 25.5 Å². The third-order valence-corrected chi connectivity index (χ3v) is 8.80. The van der Waals surface area contributed by atoms with Crippen LogP contribution in [0.1, 0.15) is 23.5 Å². The van der Waals surface area contributed by atoms with Gasteiger partial charge in [0.05, 0.1) is 37.4 Å². The number of rotatable bonds is 12. The van der Waals surface area contributed by atoms with Gasteiger partial charge in [0.25, 0.3) is 0 Å². The zero-order valence-electron chi connectivity index (χ0n) is 22.9. The highest BCUT2D eigenvalue weighted by atomic mass is 35.5. The molecule has 0 spiro atoms. The molecule has 1 aliphatic heterocycles. The van der Waals surface area contributed by atoms with E-state index in [0.717, 1.165) is 25.1 Å². The van der Waals surface area contributed by atoms with Crippen molar-refractivity contribution in [2.45, 2.75) is 31.1 Å². The summed E-state index contributed by atoms with van der Waals surface area (Å²) in [7, 11) is -0.631. The highest BCUT2D eigenvalue weighted by Crippen LogP contribution is 2.36. The summed E-state index contributed by atoms with van der Waals surface area (Å²) in [5, 5.41) is 18.8. The number of para-hydroxylation sites is 1. The Hall–Kier alpha value is -3.45. The molecule has 0 saturated carbocycles. The molecule has 4 aromatic rings. The summed E-state index contributed by atoms with van der Waals surface area (Å²) in [4.78, 5) is 6.64. The molecule has 218 valence electrons. The fraction of sp³-hybridized carbons (Fsp3) is 0.393. The first-order valence-electron chi connectivity index (χ1n) is 13.2. The lowest BCUT2D eigenvalue weighted by Crippen LogP contribution is -2.25. The second kappa shape index (κ2) is 12.6. The van der Waals surface area contributed by atoms with Crippen molar-refractivity contribution in [3.63, 3.8) is 0 Å². The number of sulfone groups is 1. The second-order valence-corrected chi connectivity index (χ2v) is 12.5. The van der Waals surface area contributed by atoms with Crippen LogP contribution in [-0.2, 0) is 28.4 Å². The average Bonchev–Trinajstić information content (AvgIpc) is 3.72. The summed E-state index contributed by atoms with van der Waals surface area (Å²) in [6.45, 7) is 2.20. The Kier molecular flexibility index (Phi) is 8.93. The van der Waals surface area contributed by atoms with E-state index < -0.39 is 9.84 Å². The average molecular weight is 602 g/mol. The van der Waals surface area contributed by atoms with Gasteiger partial charge in [-0.3, -0.25) is 9.55 Å². The van der Waals surface area contributed by atoms with Crippen LogP contribution >= 0.6 is 11.6 Å². The zero-order valence-corrected chi connectivity index (χ0v) is 24.4. The van der Waals surface area contributed by atoms with Gasteiger partial charge in [0.1, 0.15) is 22.9 Å². The molecule has 1 fully saturated rings. The van der Waals surface area contributed by atoms with Crippen molar-refractivity contribution in [3.05, 3.63) is 71.0 Å². The first-order valence-corrected chi connectivity index (χ1v) is 15.4. The minimum Gasteiger partial charge on any atom is -0.494 e. The van der Waals surface area contributed by atoms with Crippen LogP contribution in [0, 0.1) is 0 Å². The van der Waals surface area contributed by atoms with Crippen LogP contribution in [0.25, 0.3) is 17.3 Å². The van der Waals surface area contributed by atoms with Crippen LogP contribution < -0.4 is 9.47 Å². The molecule has 41 heavy (non-hydrogen) atoms. The molecule has 4 heterocycles. The van der Waals surface area contributed by atoms with Gasteiger partial charge < -0.3 is 23.9 Å². The van der Waals surface area contributed by atoms with E-state index >= 15 is 0 Å². The topological polar surface area (TPSA) is 133 Å². The summed E-state index contributed by atoms with van der Waals surface area (Å²) in [6.07, 6.45) is 4.37. The van der Waals surface area contributed by atoms with E-state index in [0.29, 0.717) is 52.5 Å². The van der Waals surface area contributed by atoms with E-state index in [1.54, 1.807) is 34.9 Å². The number of hydrogen-bond donors (Lipinski definition) is 1. The summed E-state index contributed by atoms with van der Waals surface area (Å²) < 4.78 is 45.3. The van der Waals surface area contributed by atoms with Gasteiger partial charge in [-0.05, 0) is 48.7 Å². The number of aliphatic hydroxyl groups is 1. The molecule has 0 radical (unpaired) electrons. The maximum atomic E-state index is 13.5. The Morgan fingerprint density at radius 1 is 1.12 bits per heavy atom. The second-order valence-electron chi connectivity index (χ2n) is 9.86. The van der Waals surface area contributed by atoms with Crippen molar-refractivity contribution in [3.8, 4) is 28.8 Å². The number of methoxy groups -OCH3 is 2. The van der Waals surface area contributed by atoms with Gasteiger partial charge in [-0.25, -0.2) is 8.42 Å². The number of aromatic nitrogens is 4. The number of aliphatic hydroxyl groups excluding tert-OH is 1. The number of benzene rings is 1. The van der Waals surface area contributed by atoms with Gasteiger partial charge in [-0.1, -0.05) is 17.7 Å². The third kappa shape index (κ3) is 6.72. The molecule has 0 unspecified atom stereocenters. The Labute approximate surface area is 243 Å². The van der Waals surface area contributed by atoms with E-state index in [1.165, 1.54) is 26.7 Å². The van der Waals surface area contributed by atoms with Gasteiger partial charge >= 0.3 is 0 Å². The van der Waals surface area contributed by atoms with Crippen LogP contribution in [0.4, 0.5) is 0 Å². The van der Waals surface area contributed by atoms with Crippen molar-refractivity contribution in [2.75, 3.05) is 39.6 Å². The fourth-order valence-corrected chi connectivity index (χ4v) is 6.44. The molecule has 1 aliphatic rings. The van der Waals surface area contributed by atoms with Gasteiger partial charge in [0.15, 0.2) is 21.4 Å². The number of pyridine rings is 1. The molecule has 1 atom stereocenters. The predicted octanol–water partition coefficient (Wildman–Crippen LogP) is 3.36. The summed E-state index contributed by atoms with van der Waals surface area (Å²) in [6, 6.07) is 10.5. The van der Waals surface area contributed by atoms with E-state index in [1.807, 2.05) is 6.07 Å². The Morgan fingerprint density at radius 2 is 1.90 bits per heavy atom. The van der Waals surface area contributed by atoms with Crippen LogP contribution in [0.5, 0.6) is 11.5 Å². The lowest BCUT2D eigenvalue weighted by atomic mass is 10.1. The quantitative estimate of drug-likeness (QED) is 0.258. The largest absolute Gasteiger partial charge is 0.494 e. The van der Waals surface area contributed by atoms with Crippen LogP contribution in [0.3, 0.4) is 0 Å². The molecule has 13 heteroatoms. The number of nitrogens with zero attached hydrogens (tertiary/aromatic N) is 5. The maximum absolute atomic E-state index is 13.5. The number of β-amino-alcohol motifs (C(OH)–C–C–N with tert-alkyl or cyclic N) is 1. The monoisotopic (exact) mass is 601 g/mol. The number of hydrogen-bond acceptors (Lipinski definition) is 10. The molecule has 0 bridgehead atoms. The van der Waals surface area contributed by atoms with Crippen molar-refractivity contribution < 1.29 is 27.4 Å². The third-order valence-electron chi connectivity index (χ3n) is 7.07. The summed E-state index contributed by atoms with van der Waals surface area (Å²) >= 11 is 6.22. The molecule has 5 rings (SSSR count). The van der Waals surface area contributed by atoms with Crippen LogP contribution in [0.2, 0.25) is 5.02 Å². The van der Waals surface area contributed by atoms with Gasteiger partial charge in [0, 0.05) is 37.9 Å². The fourth-order valence-electron chi connectivity index (χ4n) is 5.03. The smallest absolute Gasteiger partial charge is 0.204 e. The standard InChI is InChI=1S/C28H32ClN5O6S/c1-38-23-5-3-6-24(39-2)27(23)34-26(31-32-28(34)25-7-4-13-40-25)18-41(36,37)14-10-22-19(15-20(29)16-30-22)8-11-33-12-9-21(35)17-33/h3-7,13,15-16,21,35H,8-12,14,17-18H2,1-2H3/t21-/m0/s1. The van der Waals surface area contributed by atoms with E-state index in [-0.39, 0.29) is 29.9 Å². The van der Waals surface area contributed by atoms with Crippen molar-refractivity contribution >= 4 is 21.4 Å². The number of likely N-dealkylation sites (tertiary alicyclic amines) is 1. The molecule has 0 amide bonds. The summed E-state index contributed by atoms with van der Waals surface area (Å²) in [5.41, 5.74) is 2.05. The lowest BCUT2D eigenvalue weighted by molar-refractivity contribution is 0.177. The first kappa shape index (κ1) is 29.1. The minimum atomic E-state index is -3.67. The Bertz CT molecular complexity index is 1570. The number of aryl methyl sites for hydroxylation is 1. The van der Waals surface area contributed by atoms with Crippen LogP contribution in [-0.4, -0.2) is 83.9 Å². The highest BCUT2D eigenvalue weighted by Gasteiger charge is 2.27. The maximum Gasteiger partial charge on any atom is 0.204 e. The zero-order chi connectivity index (χ0) is 29.0. The van der Waals surface area contributed by atoms with E-state index in [9.17, 15) is 13.5 Å². The van der Waals surface area contributed by atoms with Gasteiger partial charge in [-0.2, -0.15) is 0 Å². The molecule has 11 nitrogen and oxygen atoms in total.